The summed E-state index contributed by atoms with van der Waals surface area (Å²) in [6.07, 6.45) is 3.97. The molecule has 0 atom stereocenters. The van der Waals surface area contributed by atoms with Gasteiger partial charge in [-0.15, -0.1) is 0 Å². The molecule has 0 aliphatic carbocycles. The van der Waals surface area contributed by atoms with E-state index in [0.717, 1.165) is 30.6 Å². The summed E-state index contributed by atoms with van der Waals surface area (Å²) in [5.41, 5.74) is 8.75. The van der Waals surface area contributed by atoms with Gasteiger partial charge in [-0.2, -0.15) is 5.10 Å². The number of aromatic nitrogens is 2. The van der Waals surface area contributed by atoms with Crippen LogP contribution in [0.15, 0.2) is 48.5 Å². The van der Waals surface area contributed by atoms with Crippen LogP contribution in [0.4, 0.5) is 11.4 Å². The summed E-state index contributed by atoms with van der Waals surface area (Å²) in [5.74, 6) is -0.126. The summed E-state index contributed by atoms with van der Waals surface area (Å²) in [6.45, 7) is 1.10. The van der Waals surface area contributed by atoms with Crippen molar-refractivity contribution in [2.45, 2.75) is 32.1 Å². The third-order valence-corrected chi connectivity index (χ3v) is 6.61. The summed E-state index contributed by atoms with van der Waals surface area (Å²) >= 11 is 0. The second-order valence-electron chi connectivity index (χ2n) is 8.73. The second-order valence-corrected chi connectivity index (χ2v) is 8.73. The Balaban J connectivity index is 1.48. The van der Waals surface area contributed by atoms with E-state index >= 15 is 0 Å². The van der Waals surface area contributed by atoms with E-state index in [2.05, 4.69) is 5.10 Å². The maximum Gasteiger partial charge on any atom is 0.277 e. The van der Waals surface area contributed by atoms with Crippen LogP contribution in [0.1, 0.15) is 52.2 Å². The van der Waals surface area contributed by atoms with Crippen LogP contribution in [0.25, 0.3) is 5.69 Å². The Kier molecular flexibility index (Phi) is 5.98. The standard InChI is InChI=1S/C26H27N5O4/c1-35-20-12-10-19(11-13-20)31-24-21(23(28-31)25(27)33)14-16-30(26(24)34)18-8-6-17(7-9-18)29-15-4-2-3-5-22(29)32/h6-13H,2-5,14-16H2,1H3,(H2,27,33). The lowest BCUT2D eigenvalue weighted by Gasteiger charge is -2.28. The van der Waals surface area contributed by atoms with Gasteiger partial charge in [-0.25, -0.2) is 4.68 Å². The van der Waals surface area contributed by atoms with Gasteiger partial charge < -0.3 is 20.3 Å². The first-order valence-electron chi connectivity index (χ1n) is 11.8. The van der Waals surface area contributed by atoms with Crippen molar-refractivity contribution in [2.24, 2.45) is 5.73 Å². The highest BCUT2D eigenvalue weighted by Gasteiger charge is 2.34. The molecule has 2 aromatic carbocycles. The third-order valence-electron chi connectivity index (χ3n) is 6.61. The molecular weight excluding hydrogens is 446 g/mol. The molecule has 2 aliphatic heterocycles. The molecule has 9 heteroatoms. The number of rotatable bonds is 5. The zero-order chi connectivity index (χ0) is 24.5. The van der Waals surface area contributed by atoms with E-state index in [1.165, 1.54) is 4.68 Å². The highest BCUT2D eigenvalue weighted by molar-refractivity contribution is 6.09. The average Bonchev–Trinajstić information content (AvgIpc) is 3.15. The van der Waals surface area contributed by atoms with Crippen LogP contribution < -0.4 is 20.3 Å². The quantitative estimate of drug-likeness (QED) is 0.612. The maximum atomic E-state index is 13.7. The molecule has 3 aromatic rings. The summed E-state index contributed by atoms with van der Waals surface area (Å²) in [4.78, 5) is 41.7. The minimum absolute atomic E-state index is 0.110. The molecule has 3 heterocycles. The fourth-order valence-corrected chi connectivity index (χ4v) is 4.78. The molecule has 0 saturated carbocycles. The topological polar surface area (TPSA) is 111 Å². The van der Waals surface area contributed by atoms with Crippen LogP contribution in [0.5, 0.6) is 5.75 Å². The summed E-state index contributed by atoms with van der Waals surface area (Å²) in [7, 11) is 1.57. The van der Waals surface area contributed by atoms with E-state index < -0.39 is 5.91 Å². The van der Waals surface area contributed by atoms with Crippen molar-refractivity contribution in [1.29, 1.82) is 0 Å². The minimum atomic E-state index is -0.666. The van der Waals surface area contributed by atoms with Crippen molar-refractivity contribution < 1.29 is 19.1 Å². The van der Waals surface area contributed by atoms with Crippen molar-refractivity contribution in [2.75, 3.05) is 30.0 Å². The van der Waals surface area contributed by atoms with Gasteiger partial charge in [0.25, 0.3) is 11.8 Å². The van der Waals surface area contributed by atoms with Crippen molar-refractivity contribution in [3.05, 3.63) is 65.5 Å². The van der Waals surface area contributed by atoms with Gasteiger partial charge in [0.05, 0.1) is 12.8 Å². The van der Waals surface area contributed by atoms with Crippen LogP contribution >= 0.6 is 0 Å². The summed E-state index contributed by atoms with van der Waals surface area (Å²) < 4.78 is 6.70. The number of hydrogen-bond donors (Lipinski definition) is 1. The van der Waals surface area contributed by atoms with Gasteiger partial charge in [-0.3, -0.25) is 14.4 Å². The van der Waals surface area contributed by atoms with Crippen molar-refractivity contribution in [1.82, 2.24) is 9.78 Å². The van der Waals surface area contributed by atoms with Gasteiger partial charge >= 0.3 is 0 Å². The summed E-state index contributed by atoms with van der Waals surface area (Å²) in [5, 5.41) is 4.40. The number of carbonyl (C=O) groups excluding carboxylic acids is 3. The van der Waals surface area contributed by atoms with E-state index in [0.29, 0.717) is 48.6 Å². The first kappa shape index (κ1) is 22.6. The zero-order valence-electron chi connectivity index (χ0n) is 19.6. The summed E-state index contributed by atoms with van der Waals surface area (Å²) in [6, 6.07) is 14.6. The molecule has 1 aromatic heterocycles. The molecule has 35 heavy (non-hydrogen) atoms. The maximum absolute atomic E-state index is 13.7. The Morgan fingerprint density at radius 3 is 2.17 bits per heavy atom. The number of methoxy groups -OCH3 is 1. The lowest BCUT2D eigenvalue weighted by molar-refractivity contribution is -0.118. The van der Waals surface area contributed by atoms with Crippen LogP contribution in [0.2, 0.25) is 0 Å². The van der Waals surface area contributed by atoms with E-state index in [4.69, 9.17) is 10.5 Å². The Morgan fingerprint density at radius 2 is 1.51 bits per heavy atom. The Morgan fingerprint density at radius 1 is 0.857 bits per heavy atom. The van der Waals surface area contributed by atoms with Crippen molar-refractivity contribution >= 4 is 29.1 Å². The molecule has 0 unspecified atom stereocenters. The molecule has 0 radical (unpaired) electrons. The third kappa shape index (κ3) is 4.14. The first-order valence-corrected chi connectivity index (χ1v) is 11.8. The van der Waals surface area contributed by atoms with Gasteiger partial charge in [-0.05, 0) is 67.8 Å². The molecule has 0 spiro atoms. The van der Waals surface area contributed by atoms with Gasteiger partial charge in [0.15, 0.2) is 5.69 Å². The molecule has 2 aliphatic rings. The number of carbonyl (C=O) groups is 3. The first-order chi connectivity index (χ1) is 17.0. The van der Waals surface area contributed by atoms with Crippen LogP contribution in [0, 0.1) is 0 Å². The number of ether oxygens (including phenoxy) is 1. The number of hydrogen-bond acceptors (Lipinski definition) is 5. The second kappa shape index (κ2) is 9.25. The molecule has 9 nitrogen and oxygen atoms in total. The average molecular weight is 474 g/mol. The molecule has 1 saturated heterocycles. The Hall–Kier alpha value is -4.14. The predicted octanol–water partition coefficient (Wildman–Crippen LogP) is 3.09. The molecule has 180 valence electrons. The number of anilines is 2. The minimum Gasteiger partial charge on any atom is -0.497 e. The largest absolute Gasteiger partial charge is 0.497 e. The molecular formula is C26H27N5O4. The van der Waals surface area contributed by atoms with E-state index in [1.807, 2.05) is 29.2 Å². The SMILES string of the molecule is COc1ccc(-n2nc(C(N)=O)c3c2C(=O)N(c2ccc(N4CCCCCC4=O)cc2)CC3)cc1. The Bertz CT molecular complexity index is 1280. The van der Waals surface area contributed by atoms with Gasteiger partial charge in [0.1, 0.15) is 11.4 Å². The predicted molar refractivity (Wildman–Crippen MR) is 131 cm³/mol. The fourth-order valence-electron chi connectivity index (χ4n) is 4.78. The van der Waals surface area contributed by atoms with Crippen molar-refractivity contribution in [3.8, 4) is 11.4 Å². The number of fused-ring (bicyclic) bond motifs is 1. The van der Waals surface area contributed by atoms with Crippen molar-refractivity contribution in [3.63, 3.8) is 0 Å². The van der Waals surface area contributed by atoms with Gasteiger partial charge in [-0.1, -0.05) is 6.42 Å². The van der Waals surface area contributed by atoms with E-state index in [-0.39, 0.29) is 17.5 Å². The zero-order valence-corrected chi connectivity index (χ0v) is 19.6. The number of nitrogens with zero attached hydrogens (tertiary/aromatic N) is 4. The van der Waals surface area contributed by atoms with E-state index in [1.54, 1.807) is 36.3 Å². The van der Waals surface area contributed by atoms with E-state index in [9.17, 15) is 14.4 Å². The van der Waals surface area contributed by atoms with Crippen LogP contribution in [0.3, 0.4) is 0 Å². The monoisotopic (exact) mass is 473 g/mol. The molecule has 5 rings (SSSR count). The number of benzene rings is 2. The highest BCUT2D eigenvalue weighted by atomic mass is 16.5. The molecule has 2 N–H and O–H groups in total. The van der Waals surface area contributed by atoms with Gasteiger partial charge in [0, 0.05) is 36.4 Å². The lowest BCUT2D eigenvalue weighted by Crippen LogP contribution is -2.39. The molecule has 1 fully saturated rings. The van der Waals surface area contributed by atoms with Gasteiger partial charge in [0.2, 0.25) is 5.91 Å². The number of primary amides is 1. The molecule has 3 amide bonds. The highest BCUT2D eigenvalue weighted by Crippen LogP contribution is 2.31. The number of amides is 3. The van der Waals surface area contributed by atoms with Crippen LogP contribution in [-0.2, 0) is 11.2 Å². The molecule has 0 bridgehead atoms. The van der Waals surface area contributed by atoms with Crippen LogP contribution in [-0.4, -0.2) is 47.7 Å². The fraction of sp³-hybridized carbons (Fsp3) is 0.308. The Labute approximate surface area is 203 Å². The normalized spacial score (nSPS) is 16.1. The lowest BCUT2D eigenvalue weighted by atomic mass is 10.0. The smallest absolute Gasteiger partial charge is 0.277 e. The number of nitrogens with two attached hydrogens (primary N) is 1.